The zero-order valence-corrected chi connectivity index (χ0v) is 18.8. The Balaban J connectivity index is 1.40. The fourth-order valence-corrected chi connectivity index (χ4v) is 3.68. The molecule has 7 heteroatoms. The number of aromatic nitrogens is 1. The number of guanidine groups is 1. The molecule has 1 fully saturated rings. The number of hydrogen-bond donors (Lipinski definition) is 2. The zero-order chi connectivity index (χ0) is 21.2. The average Bonchev–Trinajstić information content (AvgIpc) is 2.97. The molecule has 2 N–H and O–H groups in total. The average molecular weight is 429 g/mol. The molecule has 1 aliphatic heterocycles. The van der Waals surface area contributed by atoms with Gasteiger partial charge in [-0.05, 0) is 55.7 Å². The van der Waals surface area contributed by atoms with Crippen molar-refractivity contribution in [3.8, 4) is 0 Å². The van der Waals surface area contributed by atoms with Crippen LogP contribution in [0.2, 0.25) is 5.15 Å². The van der Waals surface area contributed by atoms with Crippen molar-refractivity contribution in [2.45, 2.75) is 25.9 Å². The molecule has 0 spiro atoms. The molecule has 3 rings (SSSR count). The van der Waals surface area contributed by atoms with Crippen LogP contribution < -0.4 is 10.6 Å². The Morgan fingerprint density at radius 3 is 2.50 bits per heavy atom. The van der Waals surface area contributed by atoms with Crippen LogP contribution in [-0.4, -0.2) is 67.6 Å². The number of likely N-dealkylation sites (N-methyl/N-ethyl adjacent to an activating group) is 1. The normalized spacial score (nSPS) is 16.3. The second-order valence-corrected chi connectivity index (χ2v) is 8.23. The van der Waals surface area contributed by atoms with Crippen molar-refractivity contribution < 1.29 is 0 Å². The summed E-state index contributed by atoms with van der Waals surface area (Å²) in [5, 5.41) is 7.25. The molecule has 162 valence electrons. The molecule has 0 amide bonds. The summed E-state index contributed by atoms with van der Waals surface area (Å²) in [5.41, 5.74) is 3.77. The van der Waals surface area contributed by atoms with Gasteiger partial charge in [0.1, 0.15) is 5.15 Å². The van der Waals surface area contributed by atoms with Crippen LogP contribution in [0.25, 0.3) is 0 Å². The van der Waals surface area contributed by atoms with Crippen molar-refractivity contribution in [2.75, 3.05) is 46.8 Å². The van der Waals surface area contributed by atoms with Gasteiger partial charge >= 0.3 is 0 Å². The van der Waals surface area contributed by atoms with Crippen molar-refractivity contribution in [1.82, 2.24) is 25.4 Å². The lowest BCUT2D eigenvalue weighted by Crippen LogP contribution is -2.37. The highest BCUT2D eigenvalue weighted by atomic mass is 35.5. The Morgan fingerprint density at radius 1 is 1.00 bits per heavy atom. The first kappa shape index (κ1) is 22.5. The fourth-order valence-electron chi connectivity index (χ4n) is 3.56. The van der Waals surface area contributed by atoms with Gasteiger partial charge in [0.05, 0.1) is 0 Å². The van der Waals surface area contributed by atoms with Crippen molar-refractivity contribution in [1.29, 1.82) is 0 Å². The summed E-state index contributed by atoms with van der Waals surface area (Å²) in [6.45, 7) is 7.25. The fraction of sp³-hybridized carbons (Fsp3) is 0.478. The minimum absolute atomic E-state index is 0.522. The van der Waals surface area contributed by atoms with E-state index in [1.165, 1.54) is 30.6 Å². The molecule has 2 heterocycles. The quantitative estimate of drug-likeness (QED) is 0.403. The minimum Gasteiger partial charge on any atom is -0.356 e. The molecule has 0 aliphatic carbocycles. The molecule has 0 saturated carbocycles. The molecule has 6 nitrogen and oxygen atoms in total. The van der Waals surface area contributed by atoms with Gasteiger partial charge in [0.2, 0.25) is 0 Å². The summed E-state index contributed by atoms with van der Waals surface area (Å²) >= 11 is 5.83. The summed E-state index contributed by atoms with van der Waals surface area (Å²) in [4.78, 5) is 13.4. The summed E-state index contributed by atoms with van der Waals surface area (Å²) in [7, 11) is 4.00. The maximum atomic E-state index is 5.83. The highest BCUT2D eigenvalue weighted by molar-refractivity contribution is 6.29. The van der Waals surface area contributed by atoms with Crippen molar-refractivity contribution >= 4 is 17.6 Å². The first-order valence-electron chi connectivity index (χ1n) is 10.7. The predicted molar refractivity (Wildman–Crippen MR) is 125 cm³/mol. The predicted octanol–water partition coefficient (Wildman–Crippen LogP) is 2.78. The molecule has 2 aromatic rings. The zero-order valence-electron chi connectivity index (χ0n) is 18.1. The van der Waals surface area contributed by atoms with E-state index in [1.807, 2.05) is 18.3 Å². The number of benzene rings is 1. The van der Waals surface area contributed by atoms with Gasteiger partial charge in [0.15, 0.2) is 5.96 Å². The van der Waals surface area contributed by atoms with Crippen LogP contribution in [0.3, 0.4) is 0 Å². The number of pyridine rings is 1. The van der Waals surface area contributed by atoms with E-state index in [0.29, 0.717) is 5.15 Å². The monoisotopic (exact) mass is 428 g/mol. The molecule has 1 saturated heterocycles. The van der Waals surface area contributed by atoms with E-state index < -0.39 is 0 Å². The van der Waals surface area contributed by atoms with Crippen molar-refractivity contribution in [3.05, 3.63) is 64.4 Å². The van der Waals surface area contributed by atoms with E-state index >= 15 is 0 Å². The summed E-state index contributed by atoms with van der Waals surface area (Å²) in [6.07, 6.45) is 3.93. The topological polar surface area (TPSA) is 55.8 Å². The number of aliphatic imine (C=N–C) groups is 1. The Kier molecular flexibility index (Phi) is 8.93. The lowest BCUT2D eigenvalue weighted by Gasteiger charge is -2.20. The smallest absolute Gasteiger partial charge is 0.191 e. The Hall–Kier alpha value is -2.15. The first-order valence-corrected chi connectivity index (χ1v) is 11.0. The van der Waals surface area contributed by atoms with E-state index in [4.69, 9.17) is 11.6 Å². The summed E-state index contributed by atoms with van der Waals surface area (Å²) in [5.74, 6) is 0.801. The van der Waals surface area contributed by atoms with E-state index in [1.54, 1.807) is 7.05 Å². The molecule has 30 heavy (non-hydrogen) atoms. The van der Waals surface area contributed by atoms with Crippen LogP contribution >= 0.6 is 11.6 Å². The highest BCUT2D eigenvalue weighted by Gasteiger charge is 2.12. The number of rotatable bonds is 7. The number of nitrogens with one attached hydrogen (secondary N) is 2. The van der Waals surface area contributed by atoms with Crippen LogP contribution in [-0.2, 0) is 19.5 Å². The van der Waals surface area contributed by atoms with E-state index in [-0.39, 0.29) is 0 Å². The summed E-state index contributed by atoms with van der Waals surface area (Å²) < 4.78 is 0. The van der Waals surface area contributed by atoms with E-state index in [9.17, 15) is 0 Å². The van der Waals surface area contributed by atoms with Crippen molar-refractivity contribution in [3.63, 3.8) is 0 Å². The van der Waals surface area contributed by atoms with Gasteiger partial charge in [-0.1, -0.05) is 41.9 Å². The second-order valence-electron chi connectivity index (χ2n) is 7.84. The molecule has 0 radical (unpaired) electrons. The van der Waals surface area contributed by atoms with Gasteiger partial charge in [-0.25, -0.2) is 4.98 Å². The van der Waals surface area contributed by atoms with Gasteiger partial charge in [0, 0.05) is 46.0 Å². The van der Waals surface area contributed by atoms with Crippen LogP contribution in [0.4, 0.5) is 0 Å². The summed E-state index contributed by atoms with van der Waals surface area (Å²) in [6, 6.07) is 12.7. The molecule has 1 aromatic heterocycles. The van der Waals surface area contributed by atoms with Gasteiger partial charge in [-0.2, -0.15) is 0 Å². The maximum Gasteiger partial charge on any atom is 0.191 e. The van der Waals surface area contributed by atoms with Gasteiger partial charge in [0.25, 0.3) is 0 Å². The molecular weight excluding hydrogens is 396 g/mol. The Labute approximate surface area is 185 Å². The maximum absolute atomic E-state index is 5.83. The standard InChI is InChI=1S/C23H33ClN6/c1-25-23(26-11-10-20-8-9-22(24)27-16-20)28-17-19-4-6-21(7-5-19)18-30-13-3-12-29(2)14-15-30/h4-9,16H,3,10-15,17-18H2,1-2H3,(H2,25,26,28). The van der Waals surface area contributed by atoms with E-state index in [0.717, 1.165) is 50.7 Å². The SMILES string of the molecule is CN=C(NCCc1ccc(Cl)nc1)NCc1ccc(CN2CCCN(C)CC2)cc1. The number of hydrogen-bond acceptors (Lipinski definition) is 4. The van der Waals surface area contributed by atoms with Gasteiger partial charge < -0.3 is 15.5 Å². The van der Waals surface area contributed by atoms with Crippen LogP contribution in [0.15, 0.2) is 47.6 Å². The van der Waals surface area contributed by atoms with Gasteiger partial charge in [-0.3, -0.25) is 9.89 Å². The highest BCUT2D eigenvalue weighted by Crippen LogP contribution is 2.10. The number of halogens is 1. The second kappa shape index (κ2) is 11.9. The molecule has 1 aromatic carbocycles. The lowest BCUT2D eigenvalue weighted by atomic mass is 10.1. The van der Waals surface area contributed by atoms with E-state index in [2.05, 4.69) is 61.7 Å². The molecule has 0 bridgehead atoms. The lowest BCUT2D eigenvalue weighted by molar-refractivity contribution is 0.269. The Morgan fingerprint density at radius 2 is 1.77 bits per heavy atom. The molecule has 1 aliphatic rings. The van der Waals surface area contributed by atoms with Gasteiger partial charge in [-0.15, -0.1) is 0 Å². The third-order valence-electron chi connectivity index (χ3n) is 5.42. The molecule has 0 unspecified atom stereocenters. The van der Waals surface area contributed by atoms with Crippen LogP contribution in [0, 0.1) is 0 Å². The first-order chi connectivity index (χ1) is 14.6. The molecular formula is C23H33ClN6. The van der Waals surface area contributed by atoms with Crippen LogP contribution in [0.5, 0.6) is 0 Å². The molecule has 0 atom stereocenters. The van der Waals surface area contributed by atoms with Crippen LogP contribution in [0.1, 0.15) is 23.1 Å². The third-order valence-corrected chi connectivity index (χ3v) is 5.64. The largest absolute Gasteiger partial charge is 0.356 e. The minimum atomic E-state index is 0.522. The third kappa shape index (κ3) is 7.59. The van der Waals surface area contributed by atoms with Crippen molar-refractivity contribution in [2.24, 2.45) is 4.99 Å². The number of nitrogens with zero attached hydrogens (tertiary/aromatic N) is 4. The Bertz CT molecular complexity index is 790.